The SMILES string of the molecule is CC1CCCCC1NC(=O)c1ccnc(F)c1F. The molecular formula is C13H16F2N2O. The Labute approximate surface area is 105 Å². The van der Waals surface area contributed by atoms with E-state index in [1.54, 1.807) is 0 Å². The number of hydrogen-bond donors (Lipinski definition) is 1. The van der Waals surface area contributed by atoms with Gasteiger partial charge < -0.3 is 5.32 Å². The Kier molecular flexibility index (Phi) is 3.89. The molecule has 3 nitrogen and oxygen atoms in total. The molecule has 5 heteroatoms. The number of nitrogens with zero attached hydrogens (tertiary/aromatic N) is 1. The molecule has 1 aliphatic carbocycles. The van der Waals surface area contributed by atoms with Crippen molar-refractivity contribution >= 4 is 5.91 Å². The number of nitrogens with one attached hydrogen (secondary N) is 1. The average Bonchev–Trinajstić information content (AvgIpc) is 2.35. The Bertz CT molecular complexity index is 451. The van der Waals surface area contributed by atoms with E-state index >= 15 is 0 Å². The highest BCUT2D eigenvalue weighted by atomic mass is 19.2. The number of halogens is 2. The fourth-order valence-electron chi connectivity index (χ4n) is 2.37. The zero-order valence-electron chi connectivity index (χ0n) is 10.2. The van der Waals surface area contributed by atoms with Crippen molar-refractivity contribution in [3.8, 4) is 0 Å². The van der Waals surface area contributed by atoms with Gasteiger partial charge in [-0.2, -0.15) is 4.39 Å². The summed E-state index contributed by atoms with van der Waals surface area (Å²) in [6.45, 7) is 2.06. The third-order valence-electron chi connectivity index (χ3n) is 3.52. The van der Waals surface area contributed by atoms with E-state index in [1.807, 2.05) is 0 Å². The Morgan fingerprint density at radius 1 is 1.39 bits per heavy atom. The third-order valence-corrected chi connectivity index (χ3v) is 3.52. The van der Waals surface area contributed by atoms with E-state index in [0.29, 0.717) is 5.92 Å². The van der Waals surface area contributed by atoms with Crippen molar-refractivity contribution in [1.82, 2.24) is 10.3 Å². The lowest BCUT2D eigenvalue weighted by molar-refractivity contribution is 0.0904. The minimum Gasteiger partial charge on any atom is -0.349 e. The van der Waals surface area contributed by atoms with Crippen LogP contribution in [0.2, 0.25) is 0 Å². The second-order valence-electron chi connectivity index (χ2n) is 4.81. The van der Waals surface area contributed by atoms with Gasteiger partial charge in [0.1, 0.15) is 0 Å². The summed E-state index contributed by atoms with van der Waals surface area (Å²) in [5, 5.41) is 2.78. The van der Waals surface area contributed by atoms with E-state index in [2.05, 4.69) is 17.2 Å². The summed E-state index contributed by atoms with van der Waals surface area (Å²) >= 11 is 0. The summed E-state index contributed by atoms with van der Waals surface area (Å²) < 4.78 is 26.3. The van der Waals surface area contributed by atoms with Crippen LogP contribution < -0.4 is 5.32 Å². The van der Waals surface area contributed by atoms with Crippen LogP contribution in [-0.4, -0.2) is 16.9 Å². The van der Waals surface area contributed by atoms with Crippen LogP contribution in [0.3, 0.4) is 0 Å². The number of amides is 1. The van der Waals surface area contributed by atoms with Crippen LogP contribution in [-0.2, 0) is 0 Å². The van der Waals surface area contributed by atoms with E-state index in [9.17, 15) is 13.6 Å². The first-order valence-corrected chi connectivity index (χ1v) is 6.20. The molecule has 1 aromatic rings. The second kappa shape index (κ2) is 5.42. The molecule has 0 bridgehead atoms. The van der Waals surface area contributed by atoms with Gasteiger partial charge in [-0.3, -0.25) is 4.79 Å². The van der Waals surface area contributed by atoms with Gasteiger partial charge in [0.2, 0.25) is 5.95 Å². The number of rotatable bonds is 2. The minimum atomic E-state index is -1.24. The van der Waals surface area contributed by atoms with Gasteiger partial charge in [-0.15, -0.1) is 0 Å². The van der Waals surface area contributed by atoms with Crippen LogP contribution in [0.5, 0.6) is 0 Å². The minimum absolute atomic E-state index is 0.0434. The number of aromatic nitrogens is 1. The van der Waals surface area contributed by atoms with Crippen molar-refractivity contribution in [2.24, 2.45) is 5.92 Å². The molecule has 1 amide bonds. The highest BCUT2D eigenvalue weighted by molar-refractivity contribution is 5.94. The lowest BCUT2D eigenvalue weighted by atomic mass is 9.86. The quantitative estimate of drug-likeness (QED) is 0.824. The number of pyridine rings is 1. The van der Waals surface area contributed by atoms with Crippen molar-refractivity contribution in [2.75, 3.05) is 0 Å². The monoisotopic (exact) mass is 254 g/mol. The van der Waals surface area contributed by atoms with Crippen molar-refractivity contribution in [2.45, 2.75) is 38.6 Å². The summed E-state index contributed by atoms with van der Waals surface area (Å²) in [5.74, 6) is -2.61. The molecule has 2 rings (SSSR count). The predicted octanol–water partition coefficient (Wildman–Crippen LogP) is 2.67. The standard InChI is InChI=1S/C13H16F2N2O/c1-8-4-2-3-5-10(8)17-13(18)9-6-7-16-12(15)11(9)14/h6-8,10H,2-5H2,1H3,(H,17,18). The van der Waals surface area contributed by atoms with Crippen LogP contribution in [0.25, 0.3) is 0 Å². The molecule has 1 fully saturated rings. The van der Waals surface area contributed by atoms with Crippen molar-refractivity contribution < 1.29 is 13.6 Å². The van der Waals surface area contributed by atoms with Gasteiger partial charge in [-0.05, 0) is 24.8 Å². The van der Waals surface area contributed by atoms with Crippen molar-refractivity contribution in [3.05, 3.63) is 29.6 Å². The van der Waals surface area contributed by atoms with Gasteiger partial charge in [-0.25, -0.2) is 9.37 Å². The fourth-order valence-corrected chi connectivity index (χ4v) is 2.37. The van der Waals surface area contributed by atoms with Crippen LogP contribution in [0.15, 0.2) is 12.3 Å². The van der Waals surface area contributed by atoms with E-state index in [-0.39, 0.29) is 11.6 Å². The van der Waals surface area contributed by atoms with Crippen LogP contribution in [0.4, 0.5) is 8.78 Å². The lowest BCUT2D eigenvalue weighted by Crippen LogP contribution is -2.41. The van der Waals surface area contributed by atoms with Gasteiger partial charge in [0.25, 0.3) is 5.91 Å². The highest BCUT2D eigenvalue weighted by Crippen LogP contribution is 2.24. The van der Waals surface area contributed by atoms with Gasteiger partial charge in [0, 0.05) is 12.2 Å². The molecule has 0 radical (unpaired) electrons. The first-order valence-electron chi connectivity index (χ1n) is 6.20. The maximum atomic E-state index is 13.4. The first kappa shape index (κ1) is 12.9. The molecule has 98 valence electrons. The van der Waals surface area contributed by atoms with E-state index in [1.165, 1.54) is 6.07 Å². The molecule has 1 aromatic heterocycles. The van der Waals surface area contributed by atoms with Crippen LogP contribution in [0.1, 0.15) is 43.0 Å². The van der Waals surface area contributed by atoms with E-state index < -0.39 is 17.7 Å². The summed E-state index contributed by atoms with van der Waals surface area (Å²) in [6, 6.07) is 1.24. The Morgan fingerprint density at radius 3 is 2.83 bits per heavy atom. The third kappa shape index (κ3) is 2.66. The van der Waals surface area contributed by atoms with Crippen LogP contribution in [0, 0.1) is 17.7 Å². The maximum Gasteiger partial charge on any atom is 0.254 e. The Balaban J connectivity index is 2.09. The largest absolute Gasteiger partial charge is 0.349 e. The predicted molar refractivity (Wildman–Crippen MR) is 63.0 cm³/mol. The van der Waals surface area contributed by atoms with Crippen molar-refractivity contribution in [3.63, 3.8) is 0 Å². The van der Waals surface area contributed by atoms with Gasteiger partial charge >= 0.3 is 0 Å². The summed E-state index contributed by atoms with van der Waals surface area (Å²) in [6.07, 6.45) is 5.26. The molecule has 2 atom stereocenters. The molecule has 0 aromatic carbocycles. The van der Waals surface area contributed by atoms with Gasteiger partial charge in [0.15, 0.2) is 5.82 Å². The normalized spacial score (nSPS) is 23.7. The topological polar surface area (TPSA) is 42.0 Å². The first-order chi connectivity index (χ1) is 8.59. The fraction of sp³-hybridized carbons (Fsp3) is 0.538. The van der Waals surface area contributed by atoms with E-state index in [0.717, 1.165) is 31.9 Å². The van der Waals surface area contributed by atoms with Crippen LogP contribution >= 0.6 is 0 Å². The Hall–Kier alpha value is -1.52. The molecule has 0 saturated heterocycles. The number of carbonyl (C=O) groups excluding carboxylic acids is 1. The molecule has 0 aliphatic heterocycles. The average molecular weight is 254 g/mol. The molecule has 1 heterocycles. The summed E-state index contributed by atoms with van der Waals surface area (Å²) in [4.78, 5) is 15.0. The molecule has 1 aliphatic rings. The lowest BCUT2D eigenvalue weighted by Gasteiger charge is -2.29. The smallest absolute Gasteiger partial charge is 0.254 e. The zero-order valence-corrected chi connectivity index (χ0v) is 10.2. The summed E-state index contributed by atoms with van der Waals surface area (Å²) in [7, 11) is 0. The number of carbonyl (C=O) groups is 1. The van der Waals surface area contributed by atoms with Crippen molar-refractivity contribution in [1.29, 1.82) is 0 Å². The Morgan fingerprint density at radius 2 is 2.11 bits per heavy atom. The molecule has 1 saturated carbocycles. The molecule has 0 spiro atoms. The van der Waals surface area contributed by atoms with E-state index in [4.69, 9.17) is 0 Å². The molecule has 18 heavy (non-hydrogen) atoms. The number of hydrogen-bond acceptors (Lipinski definition) is 2. The molecular weight excluding hydrogens is 238 g/mol. The summed E-state index contributed by atoms with van der Waals surface area (Å²) in [5.41, 5.74) is -0.278. The highest BCUT2D eigenvalue weighted by Gasteiger charge is 2.25. The second-order valence-corrected chi connectivity index (χ2v) is 4.81. The van der Waals surface area contributed by atoms with Gasteiger partial charge in [0.05, 0.1) is 5.56 Å². The van der Waals surface area contributed by atoms with Gasteiger partial charge in [-0.1, -0.05) is 19.8 Å². The maximum absolute atomic E-state index is 13.4. The molecule has 2 unspecified atom stereocenters. The molecule has 1 N–H and O–H groups in total. The zero-order chi connectivity index (χ0) is 13.1.